The molecule has 0 radical (unpaired) electrons. The number of aromatic nitrogens is 1. The highest BCUT2D eigenvalue weighted by Crippen LogP contribution is 2.31. The summed E-state index contributed by atoms with van der Waals surface area (Å²) >= 11 is 1.63. The van der Waals surface area contributed by atoms with Crippen molar-refractivity contribution in [2.24, 2.45) is 5.92 Å². The molecular formula is C15H23N4O2S+. The molecule has 2 aliphatic rings. The molecule has 1 aromatic heterocycles. The van der Waals surface area contributed by atoms with Gasteiger partial charge in [-0.2, -0.15) is 0 Å². The second-order valence-electron chi connectivity index (χ2n) is 6.35. The van der Waals surface area contributed by atoms with Crippen molar-refractivity contribution >= 4 is 28.8 Å². The molecule has 0 unspecified atom stereocenters. The summed E-state index contributed by atoms with van der Waals surface area (Å²) in [5, 5.41) is 3.70. The van der Waals surface area contributed by atoms with E-state index in [2.05, 4.69) is 17.2 Å². The summed E-state index contributed by atoms with van der Waals surface area (Å²) in [6.45, 7) is 5.85. The average molecular weight is 323 g/mol. The number of rotatable bonds is 4. The highest BCUT2D eigenvalue weighted by Gasteiger charge is 2.23. The summed E-state index contributed by atoms with van der Waals surface area (Å²) < 4.78 is 0. The minimum Gasteiger partial charge on any atom is -0.334 e. The number of hydrogen-bond donors (Lipinski definition) is 2. The fourth-order valence-electron chi connectivity index (χ4n) is 3.11. The molecule has 1 atom stereocenters. The molecule has 7 heteroatoms. The van der Waals surface area contributed by atoms with Gasteiger partial charge in [0.2, 0.25) is 6.41 Å². The third-order valence-corrected chi connectivity index (χ3v) is 5.53. The third kappa shape index (κ3) is 3.64. The molecular weight excluding hydrogens is 300 g/mol. The van der Waals surface area contributed by atoms with E-state index in [-0.39, 0.29) is 5.91 Å². The van der Waals surface area contributed by atoms with Crippen LogP contribution < -0.4 is 10.2 Å². The van der Waals surface area contributed by atoms with Crippen molar-refractivity contribution < 1.29 is 14.5 Å². The van der Waals surface area contributed by atoms with Crippen molar-refractivity contribution in [1.82, 2.24) is 9.88 Å². The first-order valence-electron chi connectivity index (χ1n) is 7.95. The van der Waals surface area contributed by atoms with Crippen LogP contribution in [0.5, 0.6) is 0 Å². The van der Waals surface area contributed by atoms with Gasteiger partial charge >= 0.3 is 0 Å². The van der Waals surface area contributed by atoms with E-state index < -0.39 is 0 Å². The van der Waals surface area contributed by atoms with Gasteiger partial charge in [-0.1, -0.05) is 6.92 Å². The predicted molar refractivity (Wildman–Crippen MR) is 85.1 cm³/mol. The van der Waals surface area contributed by atoms with E-state index in [0.717, 1.165) is 56.5 Å². The Morgan fingerprint density at radius 1 is 1.50 bits per heavy atom. The van der Waals surface area contributed by atoms with Crippen LogP contribution in [0.15, 0.2) is 0 Å². The summed E-state index contributed by atoms with van der Waals surface area (Å²) in [6, 6.07) is 0. The maximum Gasteiger partial charge on any atom is 0.281 e. The molecule has 0 aromatic carbocycles. The van der Waals surface area contributed by atoms with Crippen molar-refractivity contribution in [2.45, 2.75) is 26.2 Å². The second-order valence-corrected chi connectivity index (χ2v) is 7.44. The number of carbonyl (C=O) groups excluding carboxylic acids is 2. The van der Waals surface area contributed by atoms with E-state index in [4.69, 9.17) is 0 Å². The zero-order valence-corrected chi connectivity index (χ0v) is 13.7. The lowest BCUT2D eigenvalue weighted by Crippen LogP contribution is -3.15. The van der Waals surface area contributed by atoms with Gasteiger partial charge in [-0.15, -0.1) is 11.3 Å². The van der Waals surface area contributed by atoms with Crippen LogP contribution >= 0.6 is 11.3 Å². The summed E-state index contributed by atoms with van der Waals surface area (Å²) in [5.74, 6) is 0.740. The monoisotopic (exact) mass is 323 g/mol. The van der Waals surface area contributed by atoms with Crippen LogP contribution in [0.3, 0.4) is 0 Å². The lowest BCUT2D eigenvalue weighted by molar-refractivity contribution is -0.895. The minimum atomic E-state index is 0.0219. The predicted octanol–water partition coefficient (Wildman–Crippen LogP) is -0.437. The van der Waals surface area contributed by atoms with Crippen LogP contribution in [0.1, 0.15) is 23.9 Å². The van der Waals surface area contributed by atoms with E-state index in [1.807, 2.05) is 0 Å². The van der Waals surface area contributed by atoms with E-state index in [9.17, 15) is 9.59 Å². The molecule has 2 N–H and O–H groups in total. The minimum absolute atomic E-state index is 0.0219. The molecule has 0 spiro atoms. The largest absolute Gasteiger partial charge is 0.334 e. The summed E-state index contributed by atoms with van der Waals surface area (Å²) in [4.78, 5) is 31.7. The number of anilines is 1. The van der Waals surface area contributed by atoms with Gasteiger partial charge < -0.3 is 9.80 Å². The van der Waals surface area contributed by atoms with Crippen LogP contribution in [-0.4, -0.2) is 54.9 Å². The van der Waals surface area contributed by atoms with Crippen molar-refractivity contribution in [3.05, 3.63) is 10.6 Å². The van der Waals surface area contributed by atoms with E-state index in [0.29, 0.717) is 6.54 Å². The highest BCUT2D eigenvalue weighted by atomic mass is 32.1. The van der Waals surface area contributed by atoms with Crippen molar-refractivity contribution in [3.63, 3.8) is 0 Å². The van der Waals surface area contributed by atoms with Crippen LogP contribution in [-0.2, 0) is 22.4 Å². The van der Waals surface area contributed by atoms with Gasteiger partial charge in [-0.3, -0.25) is 14.9 Å². The molecule has 22 heavy (non-hydrogen) atoms. The molecule has 1 saturated heterocycles. The van der Waals surface area contributed by atoms with Crippen molar-refractivity contribution in [1.29, 1.82) is 0 Å². The lowest BCUT2D eigenvalue weighted by atomic mass is 9.93. The zero-order chi connectivity index (χ0) is 15.5. The molecule has 0 bridgehead atoms. The number of nitrogens with one attached hydrogen (secondary N) is 2. The van der Waals surface area contributed by atoms with Crippen LogP contribution in [0.2, 0.25) is 0 Å². The topological polar surface area (TPSA) is 66.7 Å². The smallest absolute Gasteiger partial charge is 0.281 e. The zero-order valence-electron chi connectivity index (χ0n) is 12.9. The normalized spacial score (nSPS) is 22.2. The Bertz CT molecular complexity index is 552. The fraction of sp³-hybridized carbons (Fsp3) is 0.667. The molecule has 1 aromatic rings. The van der Waals surface area contributed by atoms with Gasteiger partial charge in [0.1, 0.15) is 0 Å². The number of hydrogen-bond acceptors (Lipinski definition) is 4. The molecule has 120 valence electrons. The van der Waals surface area contributed by atoms with Gasteiger partial charge in [-0.05, 0) is 25.2 Å². The van der Waals surface area contributed by atoms with Crippen LogP contribution in [0, 0.1) is 5.92 Å². The lowest BCUT2D eigenvalue weighted by Gasteiger charge is -2.29. The SMILES string of the molecule is C[C@H]1CCc2nc(NC(=O)C[NH+]3CCN(C=O)CC3)sc2C1. The maximum atomic E-state index is 12.2. The number of quaternary nitrogens is 1. The average Bonchev–Trinajstić information content (AvgIpc) is 2.89. The van der Waals surface area contributed by atoms with Gasteiger partial charge in [0.25, 0.3) is 5.91 Å². The molecule has 3 rings (SSSR count). The molecule has 2 heterocycles. The fourth-order valence-corrected chi connectivity index (χ4v) is 4.29. The number of carbonyl (C=O) groups is 2. The summed E-state index contributed by atoms with van der Waals surface area (Å²) in [5.41, 5.74) is 1.17. The van der Waals surface area contributed by atoms with Gasteiger partial charge in [0, 0.05) is 4.88 Å². The van der Waals surface area contributed by atoms with E-state index in [1.165, 1.54) is 21.9 Å². The molecule has 1 aliphatic carbocycles. The number of amides is 2. The van der Waals surface area contributed by atoms with Gasteiger partial charge in [-0.25, -0.2) is 4.98 Å². The van der Waals surface area contributed by atoms with Crippen molar-refractivity contribution in [2.75, 3.05) is 38.0 Å². The first-order valence-corrected chi connectivity index (χ1v) is 8.77. The molecule has 1 fully saturated rings. The van der Waals surface area contributed by atoms with Gasteiger partial charge in [0.15, 0.2) is 11.7 Å². The Balaban J connectivity index is 1.51. The Labute approximate surface area is 134 Å². The number of nitrogens with zero attached hydrogens (tertiary/aromatic N) is 2. The molecule has 6 nitrogen and oxygen atoms in total. The first kappa shape index (κ1) is 15.4. The van der Waals surface area contributed by atoms with E-state index in [1.54, 1.807) is 16.2 Å². The second kappa shape index (κ2) is 6.75. The number of piperazine rings is 1. The number of fused-ring (bicyclic) bond motifs is 1. The number of thiazole rings is 1. The molecule has 2 amide bonds. The highest BCUT2D eigenvalue weighted by molar-refractivity contribution is 7.15. The molecule has 1 aliphatic heterocycles. The Morgan fingerprint density at radius 2 is 2.27 bits per heavy atom. The standard InChI is InChI=1S/C15H22N4O2S/c1-11-2-3-12-13(8-11)22-15(16-12)17-14(21)9-18-4-6-19(10-20)7-5-18/h10-11H,2-9H2,1H3,(H,16,17,21)/p+1/t11-/m0/s1. The van der Waals surface area contributed by atoms with Crippen LogP contribution in [0.4, 0.5) is 5.13 Å². The summed E-state index contributed by atoms with van der Waals surface area (Å²) in [6.07, 6.45) is 4.19. The first-order chi connectivity index (χ1) is 10.6. The third-order valence-electron chi connectivity index (χ3n) is 4.50. The quantitative estimate of drug-likeness (QED) is 0.739. The van der Waals surface area contributed by atoms with Crippen molar-refractivity contribution in [3.8, 4) is 0 Å². The Hall–Kier alpha value is -1.47. The Kier molecular flexibility index (Phi) is 4.73. The maximum absolute atomic E-state index is 12.2. The molecule has 0 saturated carbocycles. The Morgan fingerprint density at radius 3 is 3.00 bits per heavy atom. The van der Waals surface area contributed by atoms with Gasteiger partial charge in [0.05, 0.1) is 31.9 Å². The van der Waals surface area contributed by atoms with Crippen LogP contribution in [0.25, 0.3) is 0 Å². The number of aryl methyl sites for hydroxylation is 1. The summed E-state index contributed by atoms with van der Waals surface area (Å²) in [7, 11) is 0. The van der Waals surface area contributed by atoms with E-state index >= 15 is 0 Å².